The summed E-state index contributed by atoms with van der Waals surface area (Å²) in [5, 5.41) is 3.17. The van der Waals surface area contributed by atoms with Gasteiger partial charge in [-0.25, -0.2) is 4.39 Å². The Balaban J connectivity index is 1.97. The molecule has 2 aromatic carbocycles. The minimum absolute atomic E-state index is 0.0286. The summed E-state index contributed by atoms with van der Waals surface area (Å²) in [7, 11) is 3.25. The standard InChI is InChI=1S/C25H33FN2O3/c1-16(2)12-24(29)27-17(3)25-20-14-23(31-5)22(30-4)13-18(20)10-11-28(25)15-19-8-6-7-9-21(19)26/h6-9,13-14,16-17,25H,10-12,15H2,1-5H3,(H,27,29)/t17-,25+/m0/s1. The number of methoxy groups -OCH3 is 2. The second-order valence-corrected chi connectivity index (χ2v) is 8.62. The molecule has 0 spiro atoms. The van der Waals surface area contributed by atoms with Gasteiger partial charge in [0.2, 0.25) is 5.91 Å². The highest BCUT2D eigenvalue weighted by Crippen LogP contribution is 2.40. The third-order valence-electron chi connectivity index (χ3n) is 5.81. The Morgan fingerprint density at radius 2 is 1.84 bits per heavy atom. The molecule has 0 radical (unpaired) electrons. The first-order valence-corrected chi connectivity index (χ1v) is 10.9. The van der Waals surface area contributed by atoms with Crippen LogP contribution in [0.5, 0.6) is 11.5 Å². The number of fused-ring (bicyclic) bond motifs is 1. The van der Waals surface area contributed by atoms with Crippen molar-refractivity contribution >= 4 is 5.91 Å². The highest BCUT2D eigenvalue weighted by atomic mass is 19.1. The van der Waals surface area contributed by atoms with Crippen LogP contribution in [0.4, 0.5) is 4.39 Å². The van der Waals surface area contributed by atoms with Gasteiger partial charge in [-0.1, -0.05) is 32.0 Å². The van der Waals surface area contributed by atoms with Gasteiger partial charge in [0, 0.05) is 31.1 Å². The van der Waals surface area contributed by atoms with Gasteiger partial charge in [0.1, 0.15) is 5.82 Å². The lowest BCUT2D eigenvalue weighted by Crippen LogP contribution is -2.47. The van der Waals surface area contributed by atoms with E-state index in [1.807, 2.05) is 45.0 Å². The van der Waals surface area contributed by atoms with E-state index in [-0.39, 0.29) is 29.7 Å². The van der Waals surface area contributed by atoms with Crippen molar-refractivity contribution in [3.8, 4) is 11.5 Å². The zero-order valence-corrected chi connectivity index (χ0v) is 19.1. The van der Waals surface area contributed by atoms with Crippen LogP contribution < -0.4 is 14.8 Å². The normalized spacial score (nSPS) is 17.2. The van der Waals surface area contributed by atoms with Crippen LogP contribution in [0.1, 0.15) is 49.9 Å². The maximum absolute atomic E-state index is 14.4. The number of halogens is 1. The SMILES string of the molecule is COc1cc2c(cc1OC)[C@@H]([C@H](C)NC(=O)CC(C)C)N(Cc1ccccc1F)CC2. The van der Waals surface area contributed by atoms with Crippen molar-refractivity contribution < 1.29 is 18.7 Å². The average Bonchev–Trinajstić information content (AvgIpc) is 2.73. The van der Waals surface area contributed by atoms with Gasteiger partial charge >= 0.3 is 0 Å². The summed E-state index contributed by atoms with van der Waals surface area (Å²) in [6, 6.07) is 10.6. The number of carbonyl (C=O) groups excluding carboxylic acids is 1. The van der Waals surface area contributed by atoms with Crippen molar-refractivity contribution in [2.75, 3.05) is 20.8 Å². The lowest BCUT2D eigenvalue weighted by atomic mass is 9.87. The number of hydrogen-bond acceptors (Lipinski definition) is 4. The van der Waals surface area contributed by atoms with E-state index in [0.717, 1.165) is 24.1 Å². The van der Waals surface area contributed by atoms with E-state index in [2.05, 4.69) is 10.2 Å². The van der Waals surface area contributed by atoms with Crippen molar-refractivity contribution in [3.63, 3.8) is 0 Å². The minimum atomic E-state index is -0.212. The van der Waals surface area contributed by atoms with E-state index in [9.17, 15) is 9.18 Å². The first-order valence-electron chi connectivity index (χ1n) is 10.9. The molecule has 0 aliphatic carbocycles. The van der Waals surface area contributed by atoms with Gasteiger partial charge in [0.05, 0.1) is 20.3 Å². The molecule has 1 aliphatic rings. The van der Waals surface area contributed by atoms with Gasteiger partial charge in [0.25, 0.3) is 0 Å². The number of amides is 1. The Morgan fingerprint density at radius 1 is 1.16 bits per heavy atom. The molecule has 2 atom stereocenters. The highest BCUT2D eigenvalue weighted by Gasteiger charge is 2.34. The third-order valence-corrected chi connectivity index (χ3v) is 5.81. The van der Waals surface area contributed by atoms with Gasteiger partial charge in [-0.2, -0.15) is 0 Å². The molecular formula is C25H33FN2O3. The molecule has 0 saturated heterocycles. The molecule has 0 bridgehead atoms. The first kappa shape index (κ1) is 23.1. The van der Waals surface area contributed by atoms with E-state index in [1.54, 1.807) is 20.3 Å². The van der Waals surface area contributed by atoms with Crippen LogP contribution in [0.15, 0.2) is 36.4 Å². The lowest BCUT2D eigenvalue weighted by molar-refractivity contribution is -0.122. The second-order valence-electron chi connectivity index (χ2n) is 8.62. The summed E-state index contributed by atoms with van der Waals surface area (Å²) in [5.74, 6) is 1.44. The number of rotatable bonds is 8. The first-order chi connectivity index (χ1) is 14.8. The third kappa shape index (κ3) is 5.37. The molecule has 1 heterocycles. The number of nitrogens with one attached hydrogen (secondary N) is 1. The maximum atomic E-state index is 14.4. The molecule has 6 heteroatoms. The molecule has 1 amide bonds. The fourth-order valence-corrected chi connectivity index (χ4v) is 4.40. The summed E-state index contributed by atoms with van der Waals surface area (Å²) >= 11 is 0. The Kier molecular flexibility index (Phi) is 7.55. The zero-order valence-electron chi connectivity index (χ0n) is 19.1. The molecule has 0 saturated carbocycles. The van der Waals surface area contributed by atoms with Gasteiger partial charge in [-0.05, 0) is 48.6 Å². The van der Waals surface area contributed by atoms with Crippen LogP contribution in [-0.4, -0.2) is 37.6 Å². The Bertz CT molecular complexity index is 916. The number of benzene rings is 2. The highest BCUT2D eigenvalue weighted by molar-refractivity contribution is 5.76. The van der Waals surface area contributed by atoms with Gasteiger partial charge < -0.3 is 14.8 Å². The monoisotopic (exact) mass is 428 g/mol. The molecule has 0 unspecified atom stereocenters. The van der Waals surface area contributed by atoms with E-state index >= 15 is 0 Å². The van der Waals surface area contributed by atoms with Gasteiger partial charge in [-0.15, -0.1) is 0 Å². The smallest absolute Gasteiger partial charge is 0.220 e. The molecule has 31 heavy (non-hydrogen) atoms. The number of hydrogen-bond donors (Lipinski definition) is 1. The fourth-order valence-electron chi connectivity index (χ4n) is 4.40. The number of nitrogens with zero attached hydrogens (tertiary/aromatic N) is 1. The van der Waals surface area contributed by atoms with E-state index < -0.39 is 0 Å². The van der Waals surface area contributed by atoms with E-state index in [1.165, 1.54) is 6.07 Å². The van der Waals surface area contributed by atoms with Crippen LogP contribution in [0, 0.1) is 11.7 Å². The molecule has 0 fully saturated rings. The van der Waals surface area contributed by atoms with E-state index in [0.29, 0.717) is 30.0 Å². The number of ether oxygens (including phenoxy) is 2. The van der Waals surface area contributed by atoms with Crippen LogP contribution in [0.25, 0.3) is 0 Å². The molecule has 168 valence electrons. The van der Waals surface area contributed by atoms with Crippen molar-refractivity contribution in [2.24, 2.45) is 5.92 Å². The molecule has 1 aliphatic heterocycles. The maximum Gasteiger partial charge on any atom is 0.220 e. The predicted octanol–water partition coefficient (Wildman–Crippen LogP) is 4.49. The summed E-state index contributed by atoms with van der Waals surface area (Å²) in [6.45, 7) is 7.30. The quantitative estimate of drug-likeness (QED) is 0.673. The zero-order chi connectivity index (χ0) is 22.5. The van der Waals surface area contributed by atoms with Crippen LogP contribution >= 0.6 is 0 Å². The van der Waals surface area contributed by atoms with Crippen molar-refractivity contribution in [1.82, 2.24) is 10.2 Å². The minimum Gasteiger partial charge on any atom is -0.493 e. The fraction of sp³-hybridized carbons (Fsp3) is 0.480. The average molecular weight is 429 g/mol. The second kappa shape index (κ2) is 10.1. The molecule has 5 nitrogen and oxygen atoms in total. The van der Waals surface area contributed by atoms with Crippen molar-refractivity contribution in [1.29, 1.82) is 0 Å². The van der Waals surface area contributed by atoms with Crippen LogP contribution in [-0.2, 0) is 17.8 Å². The summed E-state index contributed by atoms with van der Waals surface area (Å²) < 4.78 is 25.4. The van der Waals surface area contributed by atoms with Crippen molar-refractivity contribution in [3.05, 3.63) is 58.9 Å². The van der Waals surface area contributed by atoms with Crippen LogP contribution in [0.2, 0.25) is 0 Å². The molecule has 1 N–H and O–H groups in total. The summed E-state index contributed by atoms with van der Waals surface area (Å²) in [5.41, 5.74) is 2.90. The largest absolute Gasteiger partial charge is 0.493 e. The summed E-state index contributed by atoms with van der Waals surface area (Å²) in [4.78, 5) is 14.8. The number of carbonyl (C=O) groups is 1. The van der Waals surface area contributed by atoms with Gasteiger partial charge in [-0.3, -0.25) is 9.69 Å². The van der Waals surface area contributed by atoms with Crippen molar-refractivity contribution in [2.45, 2.75) is 52.2 Å². The molecule has 0 aromatic heterocycles. The Morgan fingerprint density at radius 3 is 2.48 bits per heavy atom. The molecule has 3 rings (SSSR count). The van der Waals surface area contributed by atoms with E-state index in [4.69, 9.17) is 9.47 Å². The molecule has 2 aromatic rings. The predicted molar refractivity (Wildman–Crippen MR) is 120 cm³/mol. The summed E-state index contributed by atoms with van der Waals surface area (Å²) in [6.07, 6.45) is 1.29. The van der Waals surface area contributed by atoms with Crippen LogP contribution in [0.3, 0.4) is 0 Å². The molecular weight excluding hydrogens is 395 g/mol. The Hall–Kier alpha value is -2.60. The topological polar surface area (TPSA) is 50.8 Å². The Labute approximate surface area is 184 Å². The van der Waals surface area contributed by atoms with Gasteiger partial charge in [0.15, 0.2) is 11.5 Å². The lowest BCUT2D eigenvalue weighted by Gasteiger charge is -2.41.